The Bertz CT molecular complexity index is 1020. The SMILES string of the molecule is C=CCN1C(=O)/C(=C/c2cc(Cl)c(OCCOc3cccc(OC)c3)c(Cl)c2)SC1=S. The largest absolute Gasteiger partial charge is 0.497 e. The summed E-state index contributed by atoms with van der Waals surface area (Å²) in [4.78, 5) is 14.5. The molecule has 0 atom stereocenters. The predicted molar refractivity (Wildman–Crippen MR) is 131 cm³/mol. The van der Waals surface area contributed by atoms with Crippen molar-refractivity contribution in [3.05, 3.63) is 69.6 Å². The summed E-state index contributed by atoms with van der Waals surface area (Å²) in [5.41, 5.74) is 0.675. The molecule has 1 aliphatic rings. The van der Waals surface area contributed by atoms with E-state index in [1.165, 1.54) is 16.7 Å². The fourth-order valence-corrected chi connectivity index (χ4v) is 4.62. The van der Waals surface area contributed by atoms with E-state index in [1.807, 2.05) is 18.2 Å². The molecule has 0 saturated carbocycles. The van der Waals surface area contributed by atoms with Crippen molar-refractivity contribution in [3.63, 3.8) is 0 Å². The van der Waals surface area contributed by atoms with Gasteiger partial charge in [0.05, 0.1) is 22.1 Å². The van der Waals surface area contributed by atoms with E-state index < -0.39 is 0 Å². The number of rotatable bonds is 9. The normalized spacial score (nSPS) is 14.8. The van der Waals surface area contributed by atoms with Crippen LogP contribution in [0.25, 0.3) is 6.08 Å². The van der Waals surface area contributed by atoms with E-state index in [-0.39, 0.29) is 12.5 Å². The van der Waals surface area contributed by atoms with Crippen LogP contribution in [0.4, 0.5) is 0 Å². The zero-order chi connectivity index (χ0) is 22.4. The predicted octanol–water partition coefficient (Wildman–Crippen LogP) is 5.85. The average Bonchev–Trinajstić information content (AvgIpc) is 3.00. The molecular weight excluding hydrogens is 477 g/mol. The molecular formula is C22H19Cl2NO4S2. The number of hydrogen-bond acceptors (Lipinski definition) is 6. The Hall–Kier alpha value is -2.19. The molecule has 1 aliphatic heterocycles. The second-order valence-corrected chi connectivity index (χ2v) is 8.76. The van der Waals surface area contributed by atoms with Gasteiger partial charge in [-0.25, -0.2) is 0 Å². The average molecular weight is 496 g/mol. The monoisotopic (exact) mass is 495 g/mol. The Morgan fingerprint density at radius 2 is 1.81 bits per heavy atom. The summed E-state index contributed by atoms with van der Waals surface area (Å²) in [5.74, 6) is 1.57. The van der Waals surface area contributed by atoms with Gasteiger partial charge in [-0.3, -0.25) is 9.69 Å². The third kappa shape index (κ3) is 5.95. The highest BCUT2D eigenvalue weighted by Crippen LogP contribution is 2.37. The second-order valence-electron chi connectivity index (χ2n) is 6.27. The summed E-state index contributed by atoms with van der Waals surface area (Å²) in [5, 5.41) is 0.670. The molecule has 31 heavy (non-hydrogen) atoms. The maximum atomic E-state index is 12.5. The van der Waals surface area contributed by atoms with Crippen LogP contribution in [0.2, 0.25) is 10.0 Å². The Morgan fingerprint density at radius 3 is 2.48 bits per heavy atom. The van der Waals surface area contributed by atoms with Crippen LogP contribution in [0, 0.1) is 0 Å². The molecule has 9 heteroatoms. The molecule has 1 heterocycles. The highest BCUT2D eigenvalue weighted by atomic mass is 35.5. The van der Waals surface area contributed by atoms with Crippen molar-refractivity contribution in [2.75, 3.05) is 26.9 Å². The zero-order valence-electron chi connectivity index (χ0n) is 16.6. The highest BCUT2D eigenvalue weighted by Gasteiger charge is 2.31. The van der Waals surface area contributed by atoms with Crippen LogP contribution in [0.15, 0.2) is 54.0 Å². The van der Waals surface area contributed by atoms with Gasteiger partial charge in [-0.15, -0.1) is 6.58 Å². The van der Waals surface area contributed by atoms with Gasteiger partial charge in [-0.1, -0.05) is 59.3 Å². The Labute approximate surface area is 200 Å². The van der Waals surface area contributed by atoms with Crippen molar-refractivity contribution >= 4 is 63.5 Å². The van der Waals surface area contributed by atoms with Gasteiger partial charge in [-0.2, -0.15) is 0 Å². The van der Waals surface area contributed by atoms with Crippen molar-refractivity contribution in [1.82, 2.24) is 4.90 Å². The molecule has 2 aromatic carbocycles. The van der Waals surface area contributed by atoms with E-state index >= 15 is 0 Å². The number of benzene rings is 2. The van der Waals surface area contributed by atoms with Gasteiger partial charge in [0.1, 0.15) is 29.0 Å². The Morgan fingerprint density at radius 1 is 1.13 bits per heavy atom. The van der Waals surface area contributed by atoms with E-state index in [0.717, 1.165) is 0 Å². The molecule has 5 nitrogen and oxygen atoms in total. The molecule has 2 aromatic rings. The molecule has 0 spiro atoms. The molecule has 0 bridgehead atoms. The summed E-state index contributed by atoms with van der Waals surface area (Å²) in [6.45, 7) is 4.56. The van der Waals surface area contributed by atoms with Gasteiger partial charge in [0.2, 0.25) is 0 Å². The number of ether oxygens (including phenoxy) is 3. The standard InChI is InChI=1S/C22H19Cl2NO4S2/c1-3-7-25-21(26)19(31-22(25)30)12-14-10-17(23)20(18(24)11-14)29-9-8-28-16-6-4-5-15(13-16)27-2/h3-6,10-13H,1,7-9H2,2H3/b19-12-. The van der Waals surface area contributed by atoms with E-state index in [0.29, 0.717) is 55.2 Å². The van der Waals surface area contributed by atoms with Crippen LogP contribution < -0.4 is 14.2 Å². The van der Waals surface area contributed by atoms with E-state index in [9.17, 15) is 4.79 Å². The summed E-state index contributed by atoms with van der Waals surface area (Å²) in [6.07, 6.45) is 3.33. The first-order valence-corrected chi connectivity index (χ1v) is 11.2. The van der Waals surface area contributed by atoms with Crippen molar-refractivity contribution in [2.45, 2.75) is 0 Å². The third-order valence-corrected chi connectivity index (χ3v) is 6.08. The number of halogens is 2. The lowest BCUT2D eigenvalue weighted by atomic mass is 10.2. The minimum Gasteiger partial charge on any atom is -0.497 e. The van der Waals surface area contributed by atoms with Crippen LogP contribution in [0.3, 0.4) is 0 Å². The van der Waals surface area contributed by atoms with E-state index in [4.69, 9.17) is 49.6 Å². The lowest BCUT2D eigenvalue weighted by molar-refractivity contribution is -0.121. The second kappa shape index (κ2) is 10.9. The molecule has 1 fully saturated rings. The molecule has 0 N–H and O–H groups in total. The summed E-state index contributed by atoms with van der Waals surface area (Å²) in [6, 6.07) is 10.7. The minimum absolute atomic E-state index is 0.169. The van der Waals surface area contributed by atoms with Gasteiger partial charge in [-0.05, 0) is 35.9 Å². The number of methoxy groups -OCH3 is 1. The topological polar surface area (TPSA) is 48.0 Å². The summed E-state index contributed by atoms with van der Waals surface area (Å²) < 4.78 is 17.0. The number of hydrogen-bond donors (Lipinski definition) is 0. The van der Waals surface area contributed by atoms with Crippen LogP contribution in [0.1, 0.15) is 5.56 Å². The summed E-state index contributed by atoms with van der Waals surface area (Å²) in [7, 11) is 1.60. The smallest absolute Gasteiger partial charge is 0.266 e. The lowest BCUT2D eigenvalue weighted by Crippen LogP contribution is -2.27. The number of thiocarbonyl (C=S) groups is 1. The molecule has 1 amide bonds. The number of carbonyl (C=O) groups is 1. The molecule has 0 aromatic heterocycles. The molecule has 1 saturated heterocycles. The highest BCUT2D eigenvalue weighted by molar-refractivity contribution is 8.26. The fraction of sp³-hybridized carbons (Fsp3) is 0.182. The first kappa shape index (κ1) is 23.5. The van der Waals surface area contributed by atoms with Gasteiger partial charge >= 0.3 is 0 Å². The zero-order valence-corrected chi connectivity index (χ0v) is 19.7. The fourth-order valence-electron chi connectivity index (χ4n) is 2.73. The van der Waals surface area contributed by atoms with E-state index in [1.54, 1.807) is 37.5 Å². The van der Waals surface area contributed by atoms with E-state index in [2.05, 4.69) is 6.58 Å². The number of nitrogens with zero attached hydrogens (tertiary/aromatic N) is 1. The van der Waals surface area contributed by atoms with Crippen LogP contribution >= 0.6 is 47.2 Å². The molecule has 0 unspecified atom stereocenters. The Kier molecular flexibility index (Phi) is 8.26. The number of amides is 1. The first-order chi connectivity index (χ1) is 14.9. The van der Waals surface area contributed by atoms with Gasteiger partial charge in [0.15, 0.2) is 5.75 Å². The molecule has 0 radical (unpaired) electrons. The maximum absolute atomic E-state index is 12.5. The van der Waals surface area contributed by atoms with Gasteiger partial charge in [0.25, 0.3) is 5.91 Å². The van der Waals surface area contributed by atoms with Gasteiger partial charge < -0.3 is 14.2 Å². The van der Waals surface area contributed by atoms with Gasteiger partial charge in [0, 0.05) is 12.6 Å². The van der Waals surface area contributed by atoms with Crippen LogP contribution in [-0.2, 0) is 4.79 Å². The minimum atomic E-state index is -0.169. The van der Waals surface area contributed by atoms with Crippen molar-refractivity contribution in [2.24, 2.45) is 0 Å². The number of thioether (sulfide) groups is 1. The van der Waals surface area contributed by atoms with Crippen LogP contribution in [-0.4, -0.2) is 42.0 Å². The molecule has 162 valence electrons. The Balaban J connectivity index is 1.63. The first-order valence-electron chi connectivity index (χ1n) is 9.18. The van der Waals surface area contributed by atoms with Crippen molar-refractivity contribution < 1.29 is 19.0 Å². The third-order valence-electron chi connectivity index (χ3n) is 4.14. The lowest BCUT2D eigenvalue weighted by Gasteiger charge is -2.12. The molecule has 0 aliphatic carbocycles. The summed E-state index contributed by atoms with van der Waals surface area (Å²) >= 11 is 19.2. The quantitative estimate of drug-likeness (QED) is 0.188. The van der Waals surface area contributed by atoms with Crippen LogP contribution in [0.5, 0.6) is 17.2 Å². The number of carbonyl (C=O) groups excluding carboxylic acids is 1. The van der Waals surface area contributed by atoms with Crippen molar-refractivity contribution in [3.8, 4) is 17.2 Å². The molecule has 3 rings (SSSR count). The van der Waals surface area contributed by atoms with Crippen molar-refractivity contribution in [1.29, 1.82) is 0 Å². The maximum Gasteiger partial charge on any atom is 0.266 e.